The number of halogens is 2. The molecule has 118 valence electrons. The average molecular weight is 347 g/mol. The van der Waals surface area contributed by atoms with E-state index in [1.807, 2.05) is 60.9 Å². The van der Waals surface area contributed by atoms with Crippen LogP contribution in [-0.2, 0) is 0 Å². The van der Waals surface area contributed by atoms with E-state index >= 15 is 0 Å². The summed E-state index contributed by atoms with van der Waals surface area (Å²) in [6, 6.07) is 12.8. The van der Waals surface area contributed by atoms with Crippen LogP contribution in [0.4, 0.5) is 0 Å². The summed E-state index contributed by atoms with van der Waals surface area (Å²) in [6.07, 6.45) is 0. The SMILES string of the molecule is Cc1nnc(C)n1-c1cc(Cl)ccc1C(N)c1ccccc1Cl. The number of nitrogens with two attached hydrogens (primary N) is 1. The number of hydrogen-bond donors (Lipinski definition) is 1. The van der Waals surface area contributed by atoms with Crippen LogP contribution < -0.4 is 5.73 Å². The summed E-state index contributed by atoms with van der Waals surface area (Å²) in [7, 11) is 0. The molecule has 0 aliphatic heterocycles. The van der Waals surface area contributed by atoms with Gasteiger partial charge >= 0.3 is 0 Å². The lowest BCUT2D eigenvalue weighted by molar-refractivity contribution is 0.834. The van der Waals surface area contributed by atoms with Gasteiger partial charge in [0.15, 0.2) is 0 Å². The van der Waals surface area contributed by atoms with Crippen LogP contribution in [0.25, 0.3) is 5.69 Å². The van der Waals surface area contributed by atoms with Crippen LogP contribution in [0.15, 0.2) is 42.5 Å². The van der Waals surface area contributed by atoms with Gasteiger partial charge in [-0.05, 0) is 43.2 Å². The van der Waals surface area contributed by atoms with E-state index in [0.717, 1.165) is 28.5 Å². The molecule has 0 aliphatic rings. The zero-order valence-electron chi connectivity index (χ0n) is 12.8. The van der Waals surface area contributed by atoms with Gasteiger partial charge in [0.25, 0.3) is 0 Å². The molecule has 0 fully saturated rings. The molecule has 0 aliphatic carbocycles. The fourth-order valence-corrected chi connectivity index (χ4v) is 3.10. The van der Waals surface area contributed by atoms with Gasteiger partial charge in [-0.25, -0.2) is 0 Å². The highest BCUT2D eigenvalue weighted by atomic mass is 35.5. The minimum Gasteiger partial charge on any atom is -0.320 e. The van der Waals surface area contributed by atoms with Crippen molar-refractivity contribution in [1.29, 1.82) is 0 Å². The smallest absolute Gasteiger partial charge is 0.134 e. The van der Waals surface area contributed by atoms with Crippen LogP contribution in [0.2, 0.25) is 10.0 Å². The van der Waals surface area contributed by atoms with Crippen LogP contribution in [0.1, 0.15) is 28.8 Å². The second-order valence-corrected chi connectivity index (χ2v) is 6.18. The monoisotopic (exact) mass is 346 g/mol. The Morgan fingerprint density at radius 2 is 1.61 bits per heavy atom. The average Bonchev–Trinajstić information content (AvgIpc) is 2.86. The van der Waals surface area contributed by atoms with Crippen molar-refractivity contribution in [2.75, 3.05) is 0 Å². The topological polar surface area (TPSA) is 56.7 Å². The number of aryl methyl sites for hydroxylation is 2. The molecule has 1 aromatic heterocycles. The molecule has 1 atom stereocenters. The lowest BCUT2D eigenvalue weighted by atomic mass is 9.97. The van der Waals surface area contributed by atoms with Gasteiger partial charge < -0.3 is 5.73 Å². The third-order valence-electron chi connectivity index (χ3n) is 3.80. The molecule has 0 saturated carbocycles. The molecule has 1 unspecified atom stereocenters. The van der Waals surface area contributed by atoms with Gasteiger partial charge in [0.2, 0.25) is 0 Å². The normalized spacial score (nSPS) is 12.4. The van der Waals surface area contributed by atoms with Crippen LogP contribution in [0.3, 0.4) is 0 Å². The first-order chi connectivity index (χ1) is 11.0. The van der Waals surface area contributed by atoms with Gasteiger partial charge in [-0.3, -0.25) is 4.57 Å². The van der Waals surface area contributed by atoms with E-state index in [1.54, 1.807) is 0 Å². The van der Waals surface area contributed by atoms with Gasteiger partial charge in [0.1, 0.15) is 11.6 Å². The Labute approximate surface area is 144 Å². The number of nitrogens with zero attached hydrogens (tertiary/aromatic N) is 3. The summed E-state index contributed by atoms with van der Waals surface area (Å²) < 4.78 is 1.94. The predicted molar refractivity (Wildman–Crippen MR) is 93.3 cm³/mol. The van der Waals surface area contributed by atoms with Crippen LogP contribution in [-0.4, -0.2) is 14.8 Å². The van der Waals surface area contributed by atoms with Crippen molar-refractivity contribution in [3.8, 4) is 5.69 Å². The number of rotatable bonds is 3. The fraction of sp³-hybridized carbons (Fsp3) is 0.176. The molecule has 0 amide bonds. The fourth-order valence-electron chi connectivity index (χ4n) is 2.69. The Balaban J connectivity index is 2.19. The third-order valence-corrected chi connectivity index (χ3v) is 4.37. The van der Waals surface area contributed by atoms with E-state index in [9.17, 15) is 0 Å². The molecule has 3 rings (SSSR count). The molecule has 0 spiro atoms. The Kier molecular flexibility index (Phi) is 4.39. The molecule has 0 bridgehead atoms. The molecule has 6 heteroatoms. The van der Waals surface area contributed by atoms with E-state index in [-0.39, 0.29) is 6.04 Å². The zero-order chi connectivity index (χ0) is 16.6. The highest BCUT2D eigenvalue weighted by Gasteiger charge is 2.19. The van der Waals surface area contributed by atoms with E-state index in [4.69, 9.17) is 28.9 Å². The van der Waals surface area contributed by atoms with Crippen molar-refractivity contribution in [1.82, 2.24) is 14.8 Å². The van der Waals surface area contributed by atoms with Crippen molar-refractivity contribution in [3.05, 3.63) is 75.3 Å². The summed E-state index contributed by atoms with van der Waals surface area (Å²) in [6.45, 7) is 3.79. The first-order valence-electron chi connectivity index (χ1n) is 7.17. The van der Waals surface area contributed by atoms with E-state index in [0.29, 0.717) is 10.0 Å². The first-order valence-corrected chi connectivity index (χ1v) is 7.93. The lowest BCUT2D eigenvalue weighted by Crippen LogP contribution is -2.16. The van der Waals surface area contributed by atoms with Crippen molar-refractivity contribution in [2.24, 2.45) is 5.73 Å². The van der Waals surface area contributed by atoms with E-state index in [2.05, 4.69) is 10.2 Å². The Morgan fingerprint density at radius 1 is 0.957 bits per heavy atom. The Bertz CT molecular complexity index is 838. The second kappa shape index (κ2) is 6.32. The van der Waals surface area contributed by atoms with E-state index < -0.39 is 0 Å². The highest BCUT2D eigenvalue weighted by Crippen LogP contribution is 2.32. The molecule has 4 nitrogen and oxygen atoms in total. The summed E-state index contributed by atoms with van der Waals surface area (Å²) in [5.74, 6) is 1.55. The standard InChI is InChI=1S/C17H16Cl2N4/c1-10-21-22-11(2)23(10)16-9-12(18)7-8-14(16)17(20)13-5-3-4-6-15(13)19/h3-9,17H,20H2,1-2H3. The predicted octanol–water partition coefficient (Wildman–Crippen LogP) is 4.24. The minimum atomic E-state index is -0.378. The lowest BCUT2D eigenvalue weighted by Gasteiger charge is -2.20. The molecule has 23 heavy (non-hydrogen) atoms. The van der Waals surface area contributed by atoms with Crippen LogP contribution in [0, 0.1) is 13.8 Å². The van der Waals surface area contributed by atoms with Crippen molar-refractivity contribution < 1.29 is 0 Å². The zero-order valence-corrected chi connectivity index (χ0v) is 14.3. The molecule has 3 aromatic rings. The van der Waals surface area contributed by atoms with Gasteiger partial charge in [0, 0.05) is 10.0 Å². The molecule has 1 heterocycles. The second-order valence-electron chi connectivity index (χ2n) is 5.33. The van der Waals surface area contributed by atoms with Crippen LogP contribution in [0.5, 0.6) is 0 Å². The first kappa shape index (κ1) is 16.0. The molecule has 2 N–H and O–H groups in total. The maximum atomic E-state index is 6.49. The largest absolute Gasteiger partial charge is 0.320 e. The Morgan fingerprint density at radius 3 is 2.26 bits per heavy atom. The van der Waals surface area contributed by atoms with Crippen molar-refractivity contribution in [2.45, 2.75) is 19.9 Å². The molecular weight excluding hydrogens is 331 g/mol. The summed E-state index contributed by atoms with van der Waals surface area (Å²) >= 11 is 12.5. The van der Waals surface area contributed by atoms with Gasteiger partial charge in [-0.15, -0.1) is 10.2 Å². The van der Waals surface area contributed by atoms with Crippen molar-refractivity contribution in [3.63, 3.8) is 0 Å². The highest BCUT2D eigenvalue weighted by molar-refractivity contribution is 6.31. The van der Waals surface area contributed by atoms with Gasteiger partial charge in [-0.2, -0.15) is 0 Å². The summed E-state index contributed by atoms with van der Waals surface area (Å²) in [4.78, 5) is 0. The van der Waals surface area contributed by atoms with E-state index in [1.165, 1.54) is 0 Å². The quantitative estimate of drug-likeness (QED) is 0.771. The Hall–Kier alpha value is -1.88. The summed E-state index contributed by atoms with van der Waals surface area (Å²) in [5.41, 5.74) is 9.13. The number of hydrogen-bond acceptors (Lipinski definition) is 3. The summed E-state index contributed by atoms with van der Waals surface area (Å²) in [5, 5.41) is 9.50. The number of aromatic nitrogens is 3. The van der Waals surface area contributed by atoms with Gasteiger partial charge in [0.05, 0.1) is 11.7 Å². The maximum Gasteiger partial charge on any atom is 0.134 e. The maximum absolute atomic E-state index is 6.49. The molecule has 0 radical (unpaired) electrons. The molecular formula is C17H16Cl2N4. The van der Waals surface area contributed by atoms with Gasteiger partial charge in [-0.1, -0.05) is 47.5 Å². The van der Waals surface area contributed by atoms with Crippen molar-refractivity contribution >= 4 is 23.2 Å². The third kappa shape index (κ3) is 2.98. The molecule has 0 saturated heterocycles. The molecule has 2 aromatic carbocycles. The minimum absolute atomic E-state index is 0.378. The van der Waals surface area contributed by atoms with Crippen LogP contribution >= 0.6 is 23.2 Å². The number of benzene rings is 2.